The summed E-state index contributed by atoms with van der Waals surface area (Å²) in [6.07, 6.45) is 0.526. The Morgan fingerprint density at radius 2 is 1.72 bits per heavy atom. The van der Waals surface area contributed by atoms with E-state index < -0.39 is 23.7 Å². The number of methoxy groups -OCH3 is 3. The number of carbonyl (C=O) groups excluding carboxylic acids is 2. The number of halogens is 2. The molecule has 0 radical (unpaired) electrons. The molecule has 1 aliphatic rings. The van der Waals surface area contributed by atoms with Crippen LogP contribution in [0.4, 0.5) is 4.39 Å². The zero-order valence-corrected chi connectivity index (χ0v) is 20.8. The Bertz CT molecular complexity index is 1260. The first-order valence-electron chi connectivity index (χ1n) is 11.2. The van der Waals surface area contributed by atoms with Gasteiger partial charge in [0.15, 0.2) is 11.5 Å². The fourth-order valence-electron chi connectivity index (χ4n) is 4.28. The molecule has 0 N–H and O–H groups in total. The lowest BCUT2D eigenvalue weighted by atomic mass is 9.91. The fourth-order valence-corrected chi connectivity index (χ4v) is 4.52. The summed E-state index contributed by atoms with van der Waals surface area (Å²) in [7, 11) is 4.40. The molecule has 1 heterocycles. The third kappa shape index (κ3) is 4.95. The summed E-state index contributed by atoms with van der Waals surface area (Å²) < 4.78 is 36.3. The molecule has 4 rings (SSSR count). The lowest BCUT2D eigenvalue weighted by molar-refractivity contribution is 0.0579. The van der Waals surface area contributed by atoms with Crippen molar-refractivity contribution in [3.8, 4) is 17.2 Å². The lowest BCUT2D eigenvalue weighted by Crippen LogP contribution is -2.43. The molecule has 0 bridgehead atoms. The highest BCUT2D eigenvalue weighted by atomic mass is 35.5. The molecule has 7 nitrogen and oxygen atoms in total. The number of rotatable bonds is 7. The Morgan fingerprint density at radius 1 is 1.03 bits per heavy atom. The number of fused-ring (bicyclic) bond motifs is 1. The van der Waals surface area contributed by atoms with Crippen LogP contribution in [0, 0.1) is 5.82 Å². The molecule has 3 aromatic rings. The third-order valence-electron chi connectivity index (χ3n) is 6.12. The van der Waals surface area contributed by atoms with Gasteiger partial charge >= 0.3 is 5.97 Å². The van der Waals surface area contributed by atoms with Gasteiger partial charge in [-0.2, -0.15) is 0 Å². The second kappa shape index (κ2) is 10.9. The molecule has 3 aromatic carbocycles. The molecule has 36 heavy (non-hydrogen) atoms. The van der Waals surface area contributed by atoms with Gasteiger partial charge in [0.1, 0.15) is 18.2 Å². The number of hydrogen-bond acceptors (Lipinski definition) is 6. The lowest BCUT2D eigenvalue weighted by Gasteiger charge is -2.38. The summed E-state index contributed by atoms with van der Waals surface area (Å²) in [6, 6.07) is 13.7. The maximum absolute atomic E-state index is 14.6. The van der Waals surface area contributed by atoms with Gasteiger partial charge in [0, 0.05) is 6.54 Å². The van der Waals surface area contributed by atoms with Gasteiger partial charge in [0.25, 0.3) is 5.91 Å². The van der Waals surface area contributed by atoms with Crippen LogP contribution < -0.4 is 14.2 Å². The Balaban J connectivity index is 1.70. The van der Waals surface area contributed by atoms with E-state index >= 15 is 0 Å². The number of nitrogens with zero attached hydrogens (tertiary/aromatic N) is 1. The molecule has 0 saturated carbocycles. The minimum atomic E-state index is -0.691. The number of hydrogen-bond donors (Lipinski definition) is 0. The van der Waals surface area contributed by atoms with Crippen LogP contribution >= 0.6 is 11.6 Å². The predicted molar refractivity (Wildman–Crippen MR) is 132 cm³/mol. The Morgan fingerprint density at radius 3 is 2.36 bits per heavy atom. The van der Waals surface area contributed by atoms with Crippen molar-refractivity contribution in [3.05, 3.63) is 87.7 Å². The van der Waals surface area contributed by atoms with E-state index in [-0.39, 0.29) is 17.2 Å². The summed E-state index contributed by atoms with van der Waals surface area (Å²) in [6.45, 7) is 0.388. The first-order chi connectivity index (χ1) is 17.4. The van der Waals surface area contributed by atoms with Crippen molar-refractivity contribution < 1.29 is 32.9 Å². The molecule has 188 valence electrons. The van der Waals surface area contributed by atoms with Gasteiger partial charge in [0.2, 0.25) is 0 Å². The van der Waals surface area contributed by atoms with E-state index in [9.17, 15) is 14.0 Å². The topological polar surface area (TPSA) is 74.3 Å². The van der Waals surface area contributed by atoms with E-state index in [0.717, 1.165) is 11.1 Å². The molecule has 0 aliphatic carbocycles. The summed E-state index contributed by atoms with van der Waals surface area (Å²) in [5.74, 6) is -0.112. The number of ether oxygens (including phenoxy) is 4. The smallest absolute Gasteiger partial charge is 0.337 e. The molecule has 0 aromatic heterocycles. The van der Waals surface area contributed by atoms with E-state index in [4.69, 9.17) is 30.5 Å². The van der Waals surface area contributed by atoms with Crippen LogP contribution in [0.3, 0.4) is 0 Å². The second-order valence-electron chi connectivity index (χ2n) is 8.09. The molecule has 9 heteroatoms. The molecule has 1 aliphatic heterocycles. The summed E-state index contributed by atoms with van der Waals surface area (Å²) in [5, 5.41) is 0.0381. The highest BCUT2D eigenvalue weighted by molar-refractivity contribution is 6.33. The van der Waals surface area contributed by atoms with Crippen molar-refractivity contribution in [3.63, 3.8) is 0 Å². The van der Waals surface area contributed by atoms with Gasteiger partial charge in [-0.1, -0.05) is 17.7 Å². The molecular weight excluding hydrogens is 489 g/mol. The zero-order valence-electron chi connectivity index (χ0n) is 20.0. The standard InChI is InChI=1S/C27H25ClFNO6/c1-33-23-13-17-11-12-30(26(31)25-20(28)5-4-6-21(25)29)22(19(17)14-24(23)34-2)15-36-18-9-7-16(8-10-18)27(32)35-3/h4-10,13-14,22H,11-12,15H2,1-3H3. The van der Waals surface area contributed by atoms with E-state index in [0.29, 0.717) is 35.8 Å². The van der Waals surface area contributed by atoms with E-state index in [2.05, 4.69) is 0 Å². The molecular formula is C27H25ClFNO6. The highest BCUT2D eigenvalue weighted by Gasteiger charge is 2.35. The van der Waals surface area contributed by atoms with Gasteiger partial charge in [-0.25, -0.2) is 9.18 Å². The van der Waals surface area contributed by atoms with Crippen molar-refractivity contribution in [2.45, 2.75) is 12.5 Å². The quantitative estimate of drug-likeness (QED) is 0.409. The van der Waals surface area contributed by atoms with Crippen LogP contribution in [0.25, 0.3) is 0 Å². The number of amides is 1. The van der Waals surface area contributed by atoms with Crippen molar-refractivity contribution in [2.75, 3.05) is 34.5 Å². The first-order valence-corrected chi connectivity index (χ1v) is 11.6. The SMILES string of the molecule is COC(=O)c1ccc(OCC2c3cc(OC)c(OC)cc3CCN2C(=O)c2c(F)cccc2Cl)cc1. The normalized spacial score (nSPS) is 14.6. The zero-order chi connectivity index (χ0) is 25.8. The minimum absolute atomic E-state index is 0.0381. The molecule has 1 amide bonds. The monoisotopic (exact) mass is 513 g/mol. The van der Waals surface area contributed by atoms with Crippen LogP contribution in [-0.2, 0) is 11.2 Å². The number of benzene rings is 3. The van der Waals surface area contributed by atoms with Crippen LogP contribution in [-0.4, -0.2) is 51.3 Å². The molecule has 0 fully saturated rings. The van der Waals surface area contributed by atoms with Crippen LogP contribution in [0.15, 0.2) is 54.6 Å². The number of carbonyl (C=O) groups is 2. The van der Waals surface area contributed by atoms with Gasteiger partial charge in [-0.05, 0) is 66.1 Å². The third-order valence-corrected chi connectivity index (χ3v) is 6.44. The number of esters is 1. The van der Waals surface area contributed by atoms with Crippen molar-refractivity contribution in [1.29, 1.82) is 0 Å². The minimum Gasteiger partial charge on any atom is -0.493 e. The van der Waals surface area contributed by atoms with Crippen LogP contribution in [0.5, 0.6) is 17.2 Å². The second-order valence-corrected chi connectivity index (χ2v) is 8.50. The summed E-state index contributed by atoms with van der Waals surface area (Å²) in [5.41, 5.74) is 1.96. The Kier molecular flexibility index (Phi) is 7.64. The van der Waals surface area contributed by atoms with E-state index in [1.165, 1.54) is 32.4 Å². The molecule has 1 atom stereocenters. The molecule has 1 unspecified atom stereocenters. The van der Waals surface area contributed by atoms with Crippen molar-refractivity contribution in [1.82, 2.24) is 4.90 Å². The maximum Gasteiger partial charge on any atom is 0.337 e. The van der Waals surface area contributed by atoms with Crippen LogP contribution in [0.1, 0.15) is 37.9 Å². The Labute approximate surface area is 213 Å². The largest absolute Gasteiger partial charge is 0.493 e. The first kappa shape index (κ1) is 25.3. The highest BCUT2D eigenvalue weighted by Crippen LogP contribution is 2.39. The average Bonchev–Trinajstić information content (AvgIpc) is 2.90. The van der Waals surface area contributed by atoms with Crippen molar-refractivity contribution >= 4 is 23.5 Å². The Hall–Kier alpha value is -3.78. The van der Waals surface area contributed by atoms with E-state index in [1.54, 1.807) is 36.3 Å². The van der Waals surface area contributed by atoms with Gasteiger partial charge in [0.05, 0.1) is 43.5 Å². The van der Waals surface area contributed by atoms with E-state index in [1.807, 2.05) is 12.1 Å². The molecule has 0 spiro atoms. The summed E-state index contributed by atoms with van der Waals surface area (Å²) in [4.78, 5) is 26.8. The maximum atomic E-state index is 14.6. The van der Waals surface area contributed by atoms with Gasteiger partial charge in [-0.3, -0.25) is 4.79 Å². The predicted octanol–water partition coefficient (Wildman–Crippen LogP) is 5.10. The van der Waals surface area contributed by atoms with Gasteiger partial charge in [-0.15, -0.1) is 0 Å². The van der Waals surface area contributed by atoms with Gasteiger partial charge < -0.3 is 23.8 Å². The summed E-state index contributed by atoms with van der Waals surface area (Å²) >= 11 is 6.21. The van der Waals surface area contributed by atoms with Crippen molar-refractivity contribution in [2.24, 2.45) is 0 Å². The van der Waals surface area contributed by atoms with Crippen LogP contribution in [0.2, 0.25) is 5.02 Å². The molecule has 0 saturated heterocycles. The fraction of sp³-hybridized carbons (Fsp3) is 0.259. The average molecular weight is 514 g/mol.